The van der Waals surface area contributed by atoms with Crippen LogP contribution in [0.1, 0.15) is 12.8 Å². The number of benzene rings is 1. The second kappa shape index (κ2) is 4.66. The second-order valence-corrected chi connectivity index (χ2v) is 7.62. The van der Waals surface area contributed by atoms with Gasteiger partial charge in [0.2, 0.25) is 20.0 Å². The lowest BCUT2D eigenvalue weighted by Gasteiger charge is -2.14. The smallest absolute Gasteiger partial charge is 0.243 e. The molecule has 0 amide bonds. The highest BCUT2D eigenvalue weighted by Crippen LogP contribution is 2.35. The summed E-state index contributed by atoms with van der Waals surface area (Å²) in [5, 5.41) is 5.13. The summed E-state index contributed by atoms with van der Waals surface area (Å²) < 4.78 is 53.3. The monoisotopic (exact) mass is 306 g/mol. The van der Waals surface area contributed by atoms with E-state index in [0.717, 1.165) is 19.1 Å². The average molecular weight is 306 g/mol. The van der Waals surface area contributed by atoms with Crippen LogP contribution >= 0.6 is 0 Å². The molecule has 1 fully saturated rings. The molecule has 1 aliphatic carbocycles. The number of hydrogen-bond donors (Lipinski definition) is 2. The van der Waals surface area contributed by atoms with Crippen LogP contribution in [0.3, 0.4) is 0 Å². The lowest BCUT2D eigenvalue weighted by atomic mass is 10.3. The normalized spacial score (nSPS) is 16.1. The van der Waals surface area contributed by atoms with Gasteiger partial charge in [-0.15, -0.1) is 0 Å². The van der Waals surface area contributed by atoms with E-state index in [0.29, 0.717) is 0 Å². The summed E-state index contributed by atoms with van der Waals surface area (Å²) in [6.07, 6.45) is 2.57. The summed E-state index contributed by atoms with van der Waals surface area (Å²) in [7, 11) is -7.72. The molecule has 1 aliphatic rings. The Hall–Kier alpha value is -1.32. The zero-order valence-electron chi connectivity index (χ0n) is 10.2. The fourth-order valence-electron chi connectivity index (χ4n) is 1.55. The Balaban J connectivity index is 2.52. The molecule has 1 aromatic carbocycles. The highest BCUT2D eigenvalue weighted by atomic mass is 32.2. The van der Waals surface area contributed by atoms with Gasteiger partial charge in [-0.2, -0.15) is 0 Å². The molecule has 0 unspecified atom stereocenters. The van der Waals surface area contributed by atoms with Gasteiger partial charge in [-0.3, -0.25) is 4.72 Å². The van der Waals surface area contributed by atoms with Crippen LogP contribution in [0, 0.1) is 0 Å². The van der Waals surface area contributed by atoms with Crippen LogP contribution < -0.4 is 14.6 Å². The molecule has 0 atom stereocenters. The van der Waals surface area contributed by atoms with Crippen molar-refractivity contribution in [2.75, 3.05) is 11.0 Å². The van der Waals surface area contributed by atoms with Crippen molar-refractivity contribution in [1.29, 1.82) is 0 Å². The van der Waals surface area contributed by atoms with Gasteiger partial charge in [0.25, 0.3) is 0 Å². The molecule has 0 aliphatic heterocycles. The average Bonchev–Trinajstić information content (AvgIpc) is 2.97. The van der Waals surface area contributed by atoms with E-state index in [4.69, 9.17) is 9.88 Å². The predicted molar refractivity (Wildman–Crippen MR) is 69.9 cm³/mol. The Morgan fingerprint density at radius 2 is 1.89 bits per heavy atom. The molecule has 1 aromatic rings. The summed E-state index contributed by atoms with van der Waals surface area (Å²) in [4.78, 5) is -0.340. The predicted octanol–water partition coefficient (Wildman–Crippen LogP) is 0.247. The van der Waals surface area contributed by atoms with E-state index >= 15 is 0 Å². The van der Waals surface area contributed by atoms with Gasteiger partial charge in [-0.1, -0.05) is 6.07 Å². The third-order valence-corrected chi connectivity index (χ3v) is 3.96. The van der Waals surface area contributed by atoms with Crippen LogP contribution in [0.2, 0.25) is 0 Å². The fourth-order valence-corrected chi connectivity index (χ4v) is 3.00. The first-order valence-electron chi connectivity index (χ1n) is 5.47. The number of ether oxygens (including phenoxy) is 1. The van der Waals surface area contributed by atoms with Crippen molar-refractivity contribution < 1.29 is 21.6 Å². The summed E-state index contributed by atoms with van der Waals surface area (Å²) in [5.41, 5.74) is -0.108. The lowest BCUT2D eigenvalue weighted by molar-refractivity contribution is 0.295. The SMILES string of the molecule is CS(=O)(=O)Nc1cccc(OC2CC2)c1S(N)(=O)=O. The molecule has 9 heteroatoms. The van der Waals surface area contributed by atoms with E-state index in [2.05, 4.69) is 4.72 Å². The van der Waals surface area contributed by atoms with Crippen LogP contribution in [0.25, 0.3) is 0 Å². The minimum absolute atomic E-state index is 0.0333. The van der Waals surface area contributed by atoms with Gasteiger partial charge in [0, 0.05) is 0 Å². The van der Waals surface area contributed by atoms with Crippen molar-refractivity contribution in [3.05, 3.63) is 18.2 Å². The first-order chi connectivity index (χ1) is 8.67. The first kappa shape index (κ1) is 14.1. The Morgan fingerprint density at radius 1 is 1.26 bits per heavy atom. The quantitative estimate of drug-likeness (QED) is 0.809. The van der Waals surface area contributed by atoms with Crippen molar-refractivity contribution in [3.63, 3.8) is 0 Å². The van der Waals surface area contributed by atoms with Gasteiger partial charge in [-0.25, -0.2) is 22.0 Å². The zero-order chi connectivity index (χ0) is 14.3. The molecular weight excluding hydrogens is 292 g/mol. The Morgan fingerprint density at radius 3 is 2.37 bits per heavy atom. The number of anilines is 1. The maximum absolute atomic E-state index is 11.6. The van der Waals surface area contributed by atoms with E-state index in [-0.39, 0.29) is 22.4 Å². The zero-order valence-corrected chi connectivity index (χ0v) is 11.8. The second-order valence-electron chi connectivity index (χ2n) is 4.37. The molecule has 7 nitrogen and oxygen atoms in total. The Labute approximate surface area is 111 Å². The molecule has 0 bridgehead atoms. The number of hydrogen-bond acceptors (Lipinski definition) is 5. The number of primary sulfonamides is 1. The van der Waals surface area contributed by atoms with Gasteiger partial charge in [-0.05, 0) is 25.0 Å². The van der Waals surface area contributed by atoms with E-state index in [1.165, 1.54) is 18.2 Å². The van der Waals surface area contributed by atoms with Gasteiger partial charge < -0.3 is 4.74 Å². The molecule has 3 N–H and O–H groups in total. The molecule has 19 heavy (non-hydrogen) atoms. The molecular formula is C10H14N2O5S2. The number of nitrogens with two attached hydrogens (primary N) is 1. The highest BCUT2D eigenvalue weighted by Gasteiger charge is 2.28. The summed E-state index contributed by atoms with van der Waals surface area (Å²) in [6, 6.07) is 4.27. The number of sulfonamides is 2. The van der Waals surface area contributed by atoms with Crippen molar-refractivity contribution in [3.8, 4) is 5.75 Å². The van der Waals surface area contributed by atoms with Crippen molar-refractivity contribution in [2.24, 2.45) is 5.14 Å². The maximum atomic E-state index is 11.6. The summed E-state index contributed by atoms with van der Waals surface area (Å²) >= 11 is 0. The molecule has 1 saturated carbocycles. The molecule has 0 aromatic heterocycles. The van der Waals surface area contributed by atoms with Crippen molar-refractivity contribution in [1.82, 2.24) is 0 Å². The Bertz CT molecular complexity index is 693. The van der Waals surface area contributed by atoms with Gasteiger partial charge >= 0.3 is 0 Å². The number of rotatable bonds is 5. The minimum Gasteiger partial charge on any atom is -0.489 e. The molecule has 2 rings (SSSR count). The number of nitrogens with one attached hydrogen (secondary N) is 1. The minimum atomic E-state index is -4.11. The van der Waals surface area contributed by atoms with Gasteiger partial charge in [0.05, 0.1) is 18.0 Å². The third-order valence-electron chi connectivity index (χ3n) is 2.38. The fraction of sp³-hybridized carbons (Fsp3) is 0.400. The van der Waals surface area contributed by atoms with Crippen LogP contribution in [-0.4, -0.2) is 29.2 Å². The first-order valence-corrected chi connectivity index (χ1v) is 8.91. The van der Waals surface area contributed by atoms with Crippen molar-refractivity contribution >= 4 is 25.7 Å². The van der Waals surface area contributed by atoms with E-state index in [1.54, 1.807) is 0 Å². The summed E-state index contributed by atoms with van der Waals surface area (Å²) in [5.74, 6) is 0.0682. The van der Waals surface area contributed by atoms with E-state index in [1.807, 2.05) is 0 Å². The van der Waals surface area contributed by atoms with E-state index in [9.17, 15) is 16.8 Å². The maximum Gasteiger partial charge on any atom is 0.243 e. The van der Waals surface area contributed by atoms with E-state index < -0.39 is 20.0 Å². The lowest BCUT2D eigenvalue weighted by Crippen LogP contribution is -2.19. The highest BCUT2D eigenvalue weighted by molar-refractivity contribution is 7.92. The molecule has 106 valence electrons. The Kier molecular flexibility index (Phi) is 3.45. The molecule has 0 saturated heterocycles. The van der Waals surface area contributed by atoms with Crippen LogP contribution in [0.15, 0.2) is 23.1 Å². The third kappa shape index (κ3) is 3.82. The topological polar surface area (TPSA) is 116 Å². The van der Waals surface area contributed by atoms with Crippen molar-refractivity contribution in [2.45, 2.75) is 23.8 Å². The summed E-state index contributed by atoms with van der Waals surface area (Å²) in [6.45, 7) is 0. The van der Waals surface area contributed by atoms with Crippen LogP contribution in [0.5, 0.6) is 5.75 Å². The largest absolute Gasteiger partial charge is 0.489 e. The standard InChI is InChI=1S/C10H14N2O5S2/c1-18(13,14)12-8-3-2-4-9(17-7-5-6-7)10(8)19(11,15)16/h2-4,7,12H,5-6H2,1H3,(H2,11,15,16). The molecule has 0 heterocycles. The van der Waals surface area contributed by atoms with Crippen LogP contribution in [-0.2, 0) is 20.0 Å². The van der Waals surface area contributed by atoms with Gasteiger partial charge in [0.1, 0.15) is 10.6 Å². The molecule has 0 spiro atoms. The molecule has 0 radical (unpaired) electrons. The van der Waals surface area contributed by atoms with Crippen LogP contribution in [0.4, 0.5) is 5.69 Å². The van der Waals surface area contributed by atoms with Gasteiger partial charge in [0.15, 0.2) is 0 Å².